The number of aliphatic hydroxyl groups excluding tert-OH is 1. The van der Waals surface area contributed by atoms with Crippen molar-refractivity contribution in [1.82, 2.24) is 9.88 Å². The summed E-state index contributed by atoms with van der Waals surface area (Å²) >= 11 is 0.234. The summed E-state index contributed by atoms with van der Waals surface area (Å²) in [5, 5.41) is 8.71. The highest BCUT2D eigenvalue weighted by atomic mass is 32.2. The van der Waals surface area contributed by atoms with Crippen molar-refractivity contribution in [2.24, 2.45) is 0 Å². The third-order valence-electron chi connectivity index (χ3n) is 1.98. The van der Waals surface area contributed by atoms with Crippen LogP contribution in [-0.2, 0) is 0 Å². The molecule has 0 aliphatic rings. The molecule has 1 amide bonds. The maximum absolute atomic E-state index is 12.3. The smallest absolute Gasteiger partial charge is 0.290 e. The lowest BCUT2D eigenvalue weighted by Crippen LogP contribution is -2.30. The molecule has 7 heteroatoms. The number of thioether (sulfide) groups is 1. The van der Waals surface area contributed by atoms with Crippen LogP contribution in [0.25, 0.3) is 0 Å². The minimum atomic E-state index is -2.63. The van der Waals surface area contributed by atoms with Gasteiger partial charge in [0.25, 0.3) is 11.7 Å². The standard InChI is InChI=1S/C10H12F2N2O2S/c1-14(5-6-15)9(16)7-3-2-4-13-8(7)17-10(11)12/h2-4,10,15H,5-6H2,1H3. The summed E-state index contributed by atoms with van der Waals surface area (Å²) in [6.07, 6.45) is 1.35. The zero-order valence-corrected chi connectivity index (χ0v) is 9.95. The van der Waals surface area contributed by atoms with Crippen molar-refractivity contribution in [2.75, 3.05) is 20.2 Å². The van der Waals surface area contributed by atoms with E-state index < -0.39 is 11.7 Å². The lowest BCUT2D eigenvalue weighted by Gasteiger charge is -2.16. The van der Waals surface area contributed by atoms with E-state index in [1.165, 1.54) is 30.3 Å². The van der Waals surface area contributed by atoms with Crippen LogP contribution in [0.1, 0.15) is 10.4 Å². The Labute approximate surface area is 102 Å². The Hall–Kier alpha value is -1.21. The highest BCUT2D eigenvalue weighted by Crippen LogP contribution is 2.26. The van der Waals surface area contributed by atoms with Gasteiger partial charge in [-0.15, -0.1) is 0 Å². The van der Waals surface area contributed by atoms with Gasteiger partial charge >= 0.3 is 0 Å². The number of carbonyl (C=O) groups is 1. The molecule has 0 bridgehead atoms. The predicted molar refractivity (Wildman–Crippen MR) is 60.1 cm³/mol. The predicted octanol–water partition coefficient (Wildman–Crippen LogP) is 1.46. The number of alkyl halides is 2. The van der Waals surface area contributed by atoms with E-state index in [9.17, 15) is 13.6 Å². The molecule has 94 valence electrons. The number of amides is 1. The second-order valence-electron chi connectivity index (χ2n) is 3.18. The maximum Gasteiger partial charge on any atom is 0.290 e. The van der Waals surface area contributed by atoms with Gasteiger partial charge in [-0.05, 0) is 23.9 Å². The van der Waals surface area contributed by atoms with Gasteiger partial charge < -0.3 is 10.0 Å². The molecule has 0 atom stereocenters. The van der Waals surface area contributed by atoms with Crippen molar-refractivity contribution in [3.05, 3.63) is 23.9 Å². The van der Waals surface area contributed by atoms with Crippen LogP contribution in [0.15, 0.2) is 23.4 Å². The number of halogens is 2. The number of pyridine rings is 1. The summed E-state index contributed by atoms with van der Waals surface area (Å²) in [6.45, 7) is -0.0354. The minimum absolute atomic E-state index is 0.00251. The molecule has 1 aromatic heterocycles. The van der Waals surface area contributed by atoms with Gasteiger partial charge in [-0.3, -0.25) is 4.79 Å². The molecule has 0 saturated heterocycles. The molecule has 0 fully saturated rings. The molecule has 0 spiro atoms. The number of rotatable bonds is 5. The molecule has 4 nitrogen and oxygen atoms in total. The van der Waals surface area contributed by atoms with E-state index in [2.05, 4.69) is 4.98 Å². The van der Waals surface area contributed by atoms with Crippen molar-refractivity contribution in [2.45, 2.75) is 10.8 Å². The highest BCUT2D eigenvalue weighted by molar-refractivity contribution is 7.99. The van der Waals surface area contributed by atoms with Gasteiger partial charge in [-0.1, -0.05) is 0 Å². The van der Waals surface area contributed by atoms with Crippen molar-refractivity contribution >= 4 is 17.7 Å². The van der Waals surface area contributed by atoms with E-state index in [4.69, 9.17) is 5.11 Å². The average molecular weight is 262 g/mol. The number of hydrogen-bond donors (Lipinski definition) is 1. The fraction of sp³-hybridized carbons (Fsp3) is 0.400. The lowest BCUT2D eigenvalue weighted by molar-refractivity contribution is 0.0762. The largest absolute Gasteiger partial charge is 0.395 e. The summed E-state index contributed by atoms with van der Waals surface area (Å²) in [7, 11) is 1.49. The third kappa shape index (κ3) is 3.94. The Bertz CT molecular complexity index is 390. The van der Waals surface area contributed by atoms with Gasteiger partial charge in [0.2, 0.25) is 0 Å². The number of aromatic nitrogens is 1. The number of nitrogens with zero attached hydrogens (tertiary/aromatic N) is 2. The van der Waals surface area contributed by atoms with E-state index in [-0.39, 0.29) is 35.5 Å². The Morgan fingerprint density at radius 1 is 1.65 bits per heavy atom. The molecule has 17 heavy (non-hydrogen) atoms. The van der Waals surface area contributed by atoms with Gasteiger partial charge in [0.05, 0.1) is 12.2 Å². The molecule has 1 rings (SSSR count). The van der Waals surface area contributed by atoms with E-state index in [1.54, 1.807) is 0 Å². The molecule has 0 saturated carbocycles. The Morgan fingerprint density at radius 3 is 2.94 bits per heavy atom. The molecule has 0 aromatic carbocycles. The van der Waals surface area contributed by atoms with Crippen LogP contribution in [-0.4, -0.2) is 46.9 Å². The van der Waals surface area contributed by atoms with Crippen LogP contribution >= 0.6 is 11.8 Å². The SMILES string of the molecule is CN(CCO)C(=O)c1cccnc1SC(F)F. The van der Waals surface area contributed by atoms with Crippen LogP contribution in [0.3, 0.4) is 0 Å². The van der Waals surface area contributed by atoms with Crippen LogP contribution in [0.5, 0.6) is 0 Å². The monoisotopic (exact) mass is 262 g/mol. The minimum Gasteiger partial charge on any atom is -0.395 e. The number of aliphatic hydroxyl groups is 1. The fourth-order valence-electron chi connectivity index (χ4n) is 1.19. The summed E-state index contributed by atoms with van der Waals surface area (Å²) < 4.78 is 24.5. The normalized spacial score (nSPS) is 10.6. The zero-order chi connectivity index (χ0) is 12.8. The fourth-order valence-corrected chi connectivity index (χ4v) is 1.76. The molecule has 1 aromatic rings. The molecule has 1 N–H and O–H groups in total. The Kier molecular flexibility index (Phi) is 5.30. The molecule has 0 aliphatic heterocycles. The van der Waals surface area contributed by atoms with Gasteiger partial charge in [0.1, 0.15) is 5.03 Å². The molecule has 0 aliphatic carbocycles. The number of hydrogen-bond acceptors (Lipinski definition) is 4. The molecular weight excluding hydrogens is 250 g/mol. The summed E-state index contributed by atoms with van der Waals surface area (Å²) in [5.41, 5.74) is 0.119. The second kappa shape index (κ2) is 6.51. The second-order valence-corrected chi connectivity index (χ2v) is 4.16. The van der Waals surface area contributed by atoms with Crippen LogP contribution in [0, 0.1) is 0 Å². The van der Waals surface area contributed by atoms with Gasteiger partial charge in [0.15, 0.2) is 0 Å². The highest BCUT2D eigenvalue weighted by Gasteiger charge is 2.19. The molecule has 0 radical (unpaired) electrons. The number of likely N-dealkylation sites (N-methyl/N-ethyl adjacent to an activating group) is 1. The molecular formula is C10H12F2N2O2S. The first-order valence-electron chi connectivity index (χ1n) is 4.82. The summed E-state index contributed by atoms with van der Waals surface area (Å²) in [5.74, 6) is -3.06. The zero-order valence-electron chi connectivity index (χ0n) is 9.14. The van der Waals surface area contributed by atoms with Crippen molar-refractivity contribution < 1.29 is 18.7 Å². The van der Waals surface area contributed by atoms with Gasteiger partial charge in [-0.2, -0.15) is 8.78 Å². The lowest BCUT2D eigenvalue weighted by atomic mass is 10.2. The first-order chi connectivity index (χ1) is 8.06. The number of carbonyl (C=O) groups excluding carboxylic acids is 1. The van der Waals surface area contributed by atoms with E-state index >= 15 is 0 Å². The molecule has 1 heterocycles. The Balaban J connectivity index is 2.92. The van der Waals surface area contributed by atoms with Crippen molar-refractivity contribution in [3.63, 3.8) is 0 Å². The topological polar surface area (TPSA) is 53.4 Å². The van der Waals surface area contributed by atoms with Crippen LogP contribution in [0.2, 0.25) is 0 Å². The van der Waals surface area contributed by atoms with E-state index in [1.807, 2.05) is 0 Å². The van der Waals surface area contributed by atoms with Crippen molar-refractivity contribution in [1.29, 1.82) is 0 Å². The van der Waals surface area contributed by atoms with Gasteiger partial charge in [-0.25, -0.2) is 4.98 Å². The van der Waals surface area contributed by atoms with Crippen LogP contribution in [0.4, 0.5) is 8.78 Å². The van der Waals surface area contributed by atoms with E-state index in [0.717, 1.165) is 0 Å². The first kappa shape index (κ1) is 13.9. The molecule has 0 unspecified atom stereocenters. The average Bonchev–Trinajstić information content (AvgIpc) is 2.28. The maximum atomic E-state index is 12.3. The first-order valence-corrected chi connectivity index (χ1v) is 5.70. The Morgan fingerprint density at radius 2 is 2.35 bits per heavy atom. The van der Waals surface area contributed by atoms with Gasteiger partial charge in [0, 0.05) is 19.8 Å². The third-order valence-corrected chi connectivity index (χ3v) is 2.71. The quantitative estimate of drug-likeness (QED) is 0.816. The summed E-state index contributed by atoms with van der Waals surface area (Å²) in [6, 6.07) is 2.95. The van der Waals surface area contributed by atoms with E-state index in [0.29, 0.717) is 0 Å². The van der Waals surface area contributed by atoms with Crippen molar-refractivity contribution in [3.8, 4) is 0 Å². The summed E-state index contributed by atoms with van der Waals surface area (Å²) in [4.78, 5) is 16.9. The van der Waals surface area contributed by atoms with Crippen LogP contribution < -0.4 is 0 Å².